The summed E-state index contributed by atoms with van der Waals surface area (Å²) in [4.78, 5) is 11.6. The lowest BCUT2D eigenvalue weighted by atomic mass is 10.0. The summed E-state index contributed by atoms with van der Waals surface area (Å²) < 4.78 is 13.3. The number of anilines is 2. The number of nitrogens with one attached hydrogen (secondary N) is 2. The number of aryl methyl sites for hydroxylation is 2. The van der Waals surface area contributed by atoms with Gasteiger partial charge in [-0.3, -0.25) is 4.79 Å². The maximum Gasteiger partial charge on any atom is 0.224 e. The lowest BCUT2D eigenvalue weighted by Crippen LogP contribution is -2.12. The second kappa shape index (κ2) is 6.41. The highest BCUT2D eigenvalue weighted by molar-refractivity contribution is 5.91. The molecule has 0 fully saturated rings. The minimum absolute atomic E-state index is 0.0282. The van der Waals surface area contributed by atoms with Crippen LogP contribution in [-0.4, -0.2) is 5.91 Å². The number of carbonyl (C=O) groups excluding carboxylic acids is 1. The molecule has 0 saturated carbocycles. The molecule has 2 aromatic rings. The van der Waals surface area contributed by atoms with E-state index in [4.69, 9.17) is 0 Å². The highest BCUT2D eigenvalue weighted by atomic mass is 19.1. The molecule has 3 nitrogen and oxygen atoms in total. The molecule has 0 aliphatic heterocycles. The van der Waals surface area contributed by atoms with Crippen molar-refractivity contribution in [3.05, 3.63) is 58.9 Å². The summed E-state index contributed by atoms with van der Waals surface area (Å²) in [6.45, 7) is 3.85. The second-order valence-electron chi connectivity index (χ2n) is 6.01. The van der Waals surface area contributed by atoms with E-state index < -0.39 is 0 Å². The standard InChI is InChI=1S/C19H21FN2O/c1-3-19(23)22-18-10-13-7-8-17(16(13)9-12(18)2)21-15-6-4-5-14(20)11-15/h4-6,9-11,17,21H,3,7-8H2,1-2H3,(H,22,23). The number of rotatable bonds is 4. The van der Waals surface area contributed by atoms with Crippen LogP contribution in [0.4, 0.5) is 15.8 Å². The van der Waals surface area contributed by atoms with E-state index in [0.717, 1.165) is 29.8 Å². The second-order valence-corrected chi connectivity index (χ2v) is 6.01. The van der Waals surface area contributed by atoms with Gasteiger partial charge in [0.2, 0.25) is 5.91 Å². The number of fused-ring (bicyclic) bond motifs is 1. The Bertz CT molecular complexity index is 742. The molecular formula is C19H21FN2O. The average molecular weight is 312 g/mol. The summed E-state index contributed by atoms with van der Waals surface area (Å²) in [7, 11) is 0. The van der Waals surface area contributed by atoms with Crippen molar-refractivity contribution in [1.82, 2.24) is 0 Å². The first-order valence-electron chi connectivity index (χ1n) is 8.02. The van der Waals surface area contributed by atoms with Gasteiger partial charge < -0.3 is 10.6 Å². The van der Waals surface area contributed by atoms with Gasteiger partial charge in [0.1, 0.15) is 5.82 Å². The largest absolute Gasteiger partial charge is 0.378 e. The van der Waals surface area contributed by atoms with Gasteiger partial charge in [-0.05, 0) is 60.7 Å². The van der Waals surface area contributed by atoms with Gasteiger partial charge in [0.25, 0.3) is 0 Å². The van der Waals surface area contributed by atoms with E-state index in [9.17, 15) is 9.18 Å². The van der Waals surface area contributed by atoms with Crippen LogP contribution in [0.5, 0.6) is 0 Å². The van der Waals surface area contributed by atoms with E-state index in [-0.39, 0.29) is 17.8 Å². The van der Waals surface area contributed by atoms with E-state index in [1.807, 2.05) is 19.9 Å². The van der Waals surface area contributed by atoms with Gasteiger partial charge in [-0.25, -0.2) is 4.39 Å². The van der Waals surface area contributed by atoms with E-state index >= 15 is 0 Å². The lowest BCUT2D eigenvalue weighted by molar-refractivity contribution is -0.115. The molecule has 23 heavy (non-hydrogen) atoms. The summed E-state index contributed by atoms with van der Waals surface area (Å²) in [6.07, 6.45) is 2.40. The van der Waals surface area contributed by atoms with Crippen LogP contribution >= 0.6 is 0 Å². The summed E-state index contributed by atoms with van der Waals surface area (Å²) >= 11 is 0. The van der Waals surface area contributed by atoms with Gasteiger partial charge in [0.15, 0.2) is 0 Å². The number of halogens is 1. The minimum Gasteiger partial charge on any atom is -0.378 e. The van der Waals surface area contributed by atoms with Crippen molar-refractivity contribution in [2.45, 2.75) is 39.2 Å². The van der Waals surface area contributed by atoms with Crippen LogP contribution in [-0.2, 0) is 11.2 Å². The van der Waals surface area contributed by atoms with Crippen LogP contribution in [0.1, 0.15) is 42.5 Å². The molecule has 1 unspecified atom stereocenters. The highest BCUT2D eigenvalue weighted by Gasteiger charge is 2.24. The third-order valence-electron chi connectivity index (χ3n) is 4.32. The molecule has 0 spiro atoms. The molecule has 1 atom stereocenters. The van der Waals surface area contributed by atoms with Crippen LogP contribution in [0.15, 0.2) is 36.4 Å². The highest BCUT2D eigenvalue weighted by Crippen LogP contribution is 2.37. The number of carbonyl (C=O) groups is 1. The van der Waals surface area contributed by atoms with Crippen LogP contribution in [0, 0.1) is 12.7 Å². The van der Waals surface area contributed by atoms with E-state index in [2.05, 4.69) is 22.8 Å². The Morgan fingerprint density at radius 2 is 2.13 bits per heavy atom. The van der Waals surface area contributed by atoms with Crippen molar-refractivity contribution in [1.29, 1.82) is 0 Å². The molecule has 1 amide bonds. The monoisotopic (exact) mass is 312 g/mol. The molecule has 2 N–H and O–H groups in total. The molecule has 0 bridgehead atoms. The van der Waals surface area contributed by atoms with Gasteiger partial charge in [0.05, 0.1) is 6.04 Å². The number of benzene rings is 2. The average Bonchev–Trinajstić information content (AvgIpc) is 2.89. The summed E-state index contributed by atoms with van der Waals surface area (Å²) in [5.74, 6) is -0.206. The molecule has 0 saturated heterocycles. The van der Waals surface area contributed by atoms with Crippen LogP contribution in [0.3, 0.4) is 0 Å². The normalized spacial score (nSPS) is 16.0. The quantitative estimate of drug-likeness (QED) is 0.867. The number of hydrogen-bond donors (Lipinski definition) is 2. The molecule has 120 valence electrons. The topological polar surface area (TPSA) is 41.1 Å². The fourth-order valence-corrected chi connectivity index (χ4v) is 3.07. The van der Waals surface area contributed by atoms with Gasteiger partial charge >= 0.3 is 0 Å². The third kappa shape index (κ3) is 3.36. The van der Waals surface area contributed by atoms with Crippen molar-refractivity contribution >= 4 is 17.3 Å². The number of amides is 1. The van der Waals surface area contributed by atoms with Gasteiger partial charge in [0, 0.05) is 17.8 Å². The van der Waals surface area contributed by atoms with Crippen LogP contribution in [0.25, 0.3) is 0 Å². The lowest BCUT2D eigenvalue weighted by Gasteiger charge is -2.17. The van der Waals surface area contributed by atoms with E-state index in [0.29, 0.717) is 6.42 Å². The molecule has 3 rings (SSSR count). The van der Waals surface area contributed by atoms with Crippen molar-refractivity contribution in [2.24, 2.45) is 0 Å². The molecule has 0 heterocycles. The molecule has 4 heteroatoms. The predicted molar refractivity (Wildman–Crippen MR) is 91.2 cm³/mol. The molecule has 0 radical (unpaired) electrons. The Hall–Kier alpha value is -2.36. The van der Waals surface area contributed by atoms with Gasteiger partial charge in [-0.15, -0.1) is 0 Å². The zero-order valence-corrected chi connectivity index (χ0v) is 13.4. The smallest absolute Gasteiger partial charge is 0.224 e. The summed E-state index contributed by atoms with van der Waals surface area (Å²) in [6, 6.07) is 10.9. The van der Waals surface area contributed by atoms with E-state index in [1.54, 1.807) is 6.07 Å². The summed E-state index contributed by atoms with van der Waals surface area (Å²) in [5, 5.41) is 6.36. The van der Waals surface area contributed by atoms with E-state index in [1.165, 1.54) is 23.3 Å². The van der Waals surface area contributed by atoms with Gasteiger partial charge in [-0.1, -0.05) is 19.1 Å². The molecule has 1 aliphatic carbocycles. The van der Waals surface area contributed by atoms with Crippen molar-refractivity contribution in [3.63, 3.8) is 0 Å². The first-order valence-corrected chi connectivity index (χ1v) is 8.02. The SMILES string of the molecule is CCC(=O)Nc1cc2c(cc1C)C(Nc1cccc(F)c1)CC2. The van der Waals surface area contributed by atoms with Gasteiger partial charge in [-0.2, -0.15) is 0 Å². The number of hydrogen-bond acceptors (Lipinski definition) is 2. The molecule has 0 aromatic heterocycles. The first-order chi connectivity index (χ1) is 11.1. The zero-order chi connectivity index (χ0) is 16.4. The Kier molecular flexibility index (Phi) is 4.33. The molecule has 2 aromatic carbocycles. The molecule has 1 aliphatic rings. The maximum atomic E-state index is 13.3. The predicted octanol–water partition coefficient (Wildman–Crippen LogP) is 4.58. The Morgan fingerprint density at radius 1 is 1.30 bits per heavy atom. The van der Waals surface area contributed by atoms with Crippen LogP contribution < -0.4 is 10.6 Å². The van der Waals surface area contributed by atoms with Crippen molar-refractivity contribution < 1.29 is 9.18 Å². The van der Waals surface area contributed by atoms with Crippen LogP contribution in [0.2, 0.25) is 0 Å². The fourth-order valence-electron chi connectivity index (χ4n) is 3.07. The van der Waals surface area contributed by atoms with Crippen molar-refractivity contribution in [3.8, 4) is 0 Å². The zero-order valence-electron chi connectivity index (χ0n) is 13.4. The third-order valence-corrected chi connectivity index (χ3v) is 4.32. The van der Waals surface area contributed by atoms with Crippen molar-refractivity contribution in [2.75, 3.05) is 10.6 Å². The summed E-state index contributed by atoms with van der Waals surface area (Å²) in [5.41, 5.74) is 5.22. The Morgan fingerprint density at radius 3 is 2.87 bits per heavy atom. The Labute approximate surface area is 135 Å². The minimum atomic E-state index is -0.234. The maximum absolute atomic E-state index is 13.3. The molecular weight excluding hydrogens is 291 g/mol. The fraction of sp³-hybridized carbons (Fsp3) is 0.316. The Balaban J connectivity index is 1.83. The first kappa shape index (κ1) is 15.5.